The Morgan fingerprint density at radius 1 is 1.31 bits per heavy atom. The fourth-order valence-electron chi connectivity index (χ4n) is 1.49. The number of hydrogen-bond donors (Lipinski definition) is 1. The first-order valence-electron chi connectivity index (χ1n) is 4.77. The molecule has 0 aromatic heterocycles. The summed E-state index contributed by atoms with van der Waals surface area (Å²) in [6.45, 7) is 5.41. The lowest BCUT2D eigenvalue weighted by atomic mass is 10.4. The third kappa shape index (κ3) is 4.06. The number of rotatable bonds is 4. The van der Waals surface area contributed by atoms with Crippen LogP contribution in [0.4, 0.5) is 0 Å². The topological polar surface area (TPSA) is 49.4 Å². The molecule has 1 saturated heterocycles. The molecule has 1 fully saturated rings. The molecule has 0 saturated carbocycles. The molecule has 1 aliphatic rings. The number of piperazine rings is 1. The third-order valence-electron chi connectivity index (χ3n) is 2.10. The van der Waals surface area contributed by atoms with Gasteiger partial charge in [-0.1, -0.05) is 6.92 Å². The third-order valence-corrected chi connectivity index (χ3v) is 3.89. The first-order valence-corrected chi connectivity index (χ1v) is 6.59. The summed E-state index contributed by atoms with van der Waals surface area (Å²) in [4.78, 5) is 2.00. The quantitative estimate of drug-likeness (QED) is 0.684. The van der Waals surface area contributed by atoms with Gasteiger partial charge in [0.2, 0.25) is 0 Å². The zero-order valence-corrected chi connectivity index (χ0v) is 8.94. The second-order valence-corrected chi connectivity index (χ2v) is 5.60. The standard InChI is InChI=1S/C8H18N2O2S/c1-2-7-13(11,12)8-10-5-3-9-4-6-10/h9H,2-8H2,1H3. The lowest BCUT2D eigenvalue weighted by molar-refractivity contribution is 0.274. The van der Waals surface area contributed by atoms with Crippen LogP contribution in [0.15, 0.2) is 0 Å². The summed E-state index contributed by atoms with van der Waals surface area (Å²) in [5.74, 6) is 0.555. The van der Waals surface area contributed by atoms with E-state index in [9.17, 15) is 8.42 Å². The molecule has 0 unspecified atom stereocenters. The Bertz CT molecular complexity index is 233. The van der Waals surface area contributed by atoms with Crippen molar-refractivity contribution in [3.05, 3.63) is 0 Å². The van der Waals surface area contributed by atoms with E-state index in [1.165, 1.54) is 0 Å². The van der Waals surface area contributed by atoms with Gasteiger partial charge in [0.25, 0.3) is 0 Å². The second-order valence-electron chi connectivity index (χ2n) is 3.44. The van der Waals surface area contributed by atoms with Gasteiger partial charge in [0, 0.05) is 26.2 Å². The van der Waals surface area contributed by atoms with Crippen LogP contribution in [0.25, 0.3) is 0 Å². The molecule has 0 aromatic rings. The minimum absolute atomic E-state index is 0.239. The van der Waals surface area contributed by atoms with E-state index >= 15 is 0 Å². The van der Waals surface area contributed by atoms with E-state index in [-0.39, 0.29) is 5.88 Å². The van der Waals surface area contributed by atoms with E-state index in [0.717, 1.165) is 26.2 Å². The number of hydrogen-bond acceptors (Lipinski definition) is 4. The molecule has 1 N–H and O–H groups in total. The molecule has 0 atom stereocenters. The fourth-order valence-corrected chi connectivity index (χ4v) is 3.06. The second kappa shape index (κ2) is 4.93. The molecule has 78 valence electrons. The molecular formula is C8H18N2O2S. The summed E-state index contributed by atoms with van der Waals surface area (Å²) in [6, 6.07) is 0. The van der Waals surface area contributed by atoms with Crippen molar-refractivity contribution in [3.8, 4) is 0 Å². The lowest BCUT2D eigenvalue weighted by Gasteiger charge is -2.26. The Morgan fingerprint density at radius 3 is 2.46 bits per heavy atom. The van der Waals surface area contributed by atoms with Gasteiger partial charge in [-0.25, -0.2) is 8.42 Å². The Kier molecular flexibility index (Phi) is 4.15. The molecule has 0 bridgehead atoms. The van der Waals surface area contributed by atoms with Crippen molar-refractivity contribution < 1.29 is 8.42 Å². The summed E-state index contributed by atoms with van der Waals surface area (Å²) in [5.41, 5.74) is 0. The predicted octanol–water partition coefficient (Wildman–Crippen LogP) is -0.326. The van der Waals surface area contributed by atoms with Gasteiger partial charge in [0.1, 0.15) is 5.88 Å². The Hall–Kier alpha value is -0.130. The minimum atomic E-state index is -2.83. The Labute approximate surface area is 80.2 Å². The van der Waals surface area contributed by atoms with Crippen LogP contribution in [-0.4, -0.2) is 51.1 Å². The maximum atomic E-state index is 11.4. The Morgan fingerprint density at radius 2 is 1.92 bits per heavy atom. The zero-order chi connectivity index (χ0) is 9.73. The average molecular weight is 206 g/mol. The van der Waals surface area contributed by atoms with Crippen molar-refractivity contribution in [1.82, 2.24) is 10.2 Å². The van der Waals surface area contributed by atoms with Crippen LogP contribution in [-0.2, 0) is 9.84 Å². The maximum absolute atomic E-state index is 11.4. The van der Waals surface area contributed by atoms with Crippen LogP contribution in [0.3, 0.4) is 0 Å². The molecule has 1 aliphatic heterocycles. The molecule has 0 radical (unpaired) electrons. The molecule has 4 nitrogen and oxygen atoms in total. The van der Waals surface area contributed by atoms with Crippen molar-refractivity contribution in [2.24, 2.45) is 0 Å². The summed E-state index contributed by atoms with van der Waals surface area (Å²) in [7, 11) is -2.83. The van der Waals surface area contributed by atoms with Crippen molar-refractivity contribution in [1.29, 1.82) is 0 Å². The van der Waals surface area contributed by atoms with Crippen LogP contribution < -0.4 is 5.32 Å². The minimum Gasteiger partial charge on any atom is -0.314 e. The normalized spacial score (nSPS) is 20.4. The number of nitrogens with zero attached hydrogens (tertiary/aromatic N) is 1. The average Bonchev–Trinajstić information content (AvgIpc) is 2.04. The molecule has 0 aliphatic carbocycles. The molecule has 0 amide bonds. The van der Waals surface area contributed by atoms with Crippen molar-refractivity contribution in [2.45, 2.75) is 13.3 Å². The highest BCUT2D eigenvalue weighted by Crippen LogP contribution is 2.00. The highest BCUT2D eigenvalue weighted by molar-refractivity contribution is 7.91. The number of nitrogens with one attached hydrogen (secondary N) is 1. The molecule has 5 heteroatoms. The van der Waals surface area contributed by atoms with Crippen LogP contribution in [0.5, 0.6) is 0 Å². The number of sulfone groups is 1. The van der Waals surface area contributed by atoms with Gasteiger partial charge in [-0.2, -0.15) is 0 Å². The molecular weight excluding hydrogens is 188 g/mol. The summed E-state index contributed by atoms with van der Waals surface area (Å²) in [6.07, 6.45) is 0.717. The highest BCUT2D eigenvalue weighted by atomic mass is 32.2. The van der Waals surface area contributed by atoms with E-state index in [1.54, 1.807) is 0 Å². The summed E-state index contributed by atoms with van der Waals surface area (Å²) < 4.78 is 22.9. The smallest absolute Gasteiger partial charge is 0.163 e. The molecule has 1 heterocycles. The van der Waals surface area contributed by atoms with Gasteiger partial charge >= 0.3 is 0 Å². The van der Waals surface area contributed by atoms with E-state index in [4.69, 9.17) is 0 Å². The zero-order valence-electron chi connectivity index (χ0n) is 8.12. The van der Waals surface area contributed by atoms with Crippen LogP contribution in [0.1, 0.15) is 13.3 Å². The van der Waals surface area contributed by atoms with Crippen molar-refractivity contribution >= 4 is 9.84 Å². The van der Waals surface area contributed by atoms with Crippen LogP contribution >= 0.6 is 0 Å². The van der Waals surface area contributed by atoms with Crippen molar-refractivity contribution in [2.75, 3.05) is 37.8 Å². The van der Waals surface area contributed by atoms with Gasteiger partial charge < -0.3 is 5.32 Å². The molecule has 0 aromatic carbocycles. The van der Waals surface area contributed by atoms with Gasteiger partial charge in [-0.15, -0.1) is 0 Å². The van der Waals surface area contributed by atoms with Crippen LogP contribution in [0, 0.1) is 0 Å². The lowest BCUT2D eigenvalue weighted by Crippen LogP contribution is -2.45. The van der Waals surface area contributed by atoms with Crippen LogP contribution in [0.2, 0.25) is 0 Å². The van der Waals surface area contributed by atoms with Gasteiger partial charge in [-0.05, 0) is 6.42 Å². The SMILES string of the molecule is CCCS(=O)(=O)CN1CCNCC1. The van der Waals surface area contributed by atoms with E-state index in [2.05, 4.69) is 5.32 Å². The van der Waals surface area contributed by atoms with E-state index in [1.807, 2.05) is 11.8 Å². The van der Waals surface area contributed by atoms with E-state index < -0.39 is 9.84 Å². The first-order chi connectivity index (χ1) is 6.14. The highest BCUT2D eigenvalue weighted by Gasteiger charge is 2.17. The monoisotopic (exact) mass is 206 g/mol. The van der Waals surface area contributed by atoms with Gasteiger partial charge in [0.15, 0.2) is 9.84 Å². The van der Waals surface area contributed by atoms with Crippen molar-refractivity contribution in [3.63, 3.8) is 0 Å². The molecule has 1 rings (SSSR count). The van der Waals surface area contributed by atoms with Gasteiger partial charge in [0.05, 0.1) is 5.75 Å². The largest absolute Gasteiger partial charge is 0.314 e. The first kappa shape index (κ1) is 10.9. The molecule has 13 heavy (non-hydrogen) atoms. The molecule has 0 spiro atoms. The van der Waals surface area contributed by atoms with E-state index in [0.29, 0.717) is 12.2 Å². The fraction of sp³-hybridized carbons (Fsp3) is 1.00. The predicted molar refractivity (Wildman–Crippen MR) is 53.4 cm³/mol. The summed E-state index contributed by atoms with van der Waals surface area (Å²) in [5, 5.41) is 3.20. The summed E-state index contributed by atoms with van der Waals surface area (Å²) >= 11 is 0. The maximum Gasteiger partial charge on any atom is 0.163 e. The van der Waals surface area contributed by atoms with Gasteiger partial charge in [-0.3, -0.25) is 4.90 Å². The Balaban J connectivity index is 2.37.